The van der Waals surface area contributed by atoms with E-state index >= 15 is 0 Å². The number of hydrogen-bond acceptors (Lipinski definition) is 6. The molecule has 1 atom stereocenters. The molecule has 7 nitrogen and oxygen atoms in total. The summed E-state index contributed by atoms with van der Waals surface area (Å²) >= 11 is 0. The van der Waals surface area contributed by atoms with Gasteiger partial charge in [-0.3, -0.25) is 0 Å². The molecular weight excluding hydrogens is 419 g/mol. The average Bonchev–Trinajstić information content (AvgIpc) is 3.14. The van der Waals surface area contributed by atoms with Crippen molar-refractivity contribution in [2.75, 3.05) is 32.6 Å². The zero-order chi connectivity index (χ0) is 23.5. The highest BCUT2D eigenvalue weighted by atomic mass is 19.1. The van der Waals surface area contributed by atoms with E-state index in [1.807, 2.05) is 74.9 Å². The molecule has 0 saturated carbocycles. The Kier molecular flexibility index (Phi) is 6.55. The molecule has 2 heterocycles. The molecule has 172 valence electrons. The molecule has 0 fully saturated rings. The molecule has 0 aliphatic rings. The van der Waals surface area contributed by atoms with Crippen molar-refractivity contribution in [1.29, 1.82) is 0 Å². The summed E-state index contributed by atoms with van der Waals surface area (Å²) in [6, 6.07) is 14.4. The van der Waals surface area contributed by atoms with Crippen molar-refractivity contribution < 1.29 is 9.13 Å². The first kappa shape index (κ1) is 22.7. The highest BCUT2D eigenvalue weighted by molar-refractivity contribution is 5.92. The second-order valence-corrected chi connectivity index (χ2v) is 8.28. The number of nitrogens with one attached hydrogen (secondary N) is 1. The summed E-state index contributed by atoms with van der Waals surface area (Å²) in [5, 5.41) is 17.6. The SMILES string of the molecule is CNCCC(Oc1cccc(-n2nc3c(N(C)C)nnc(C)c3c2C)c1)c1cccc(F)c1. The van der Waals surface area contributed by atoms with E-state index in [9.17, 15) is 4.39 Å². The minimum absolute atomic E-state index is 0.271. The standard InChI is InChI=1S/C25H29FN6O/c1-16-23-17(2)32(30-24(23)25(29-28-16)31(4)5)20-10-7-11-21(15-20)33-22(12-13-27-3)18-8-6-9-19(26)14-18/h6-11,14-15,22,27H,12-13H2,1-5H3. The summed E-state index contributed by atoms with van der Waals surface area (Å²) in [5.74, 6) is 1.15. The van der Waals surface area contributed by atoms with Crippen LogP contribution in [0.5, 0.6) is 5.75 Å². The first-order chi connectivity index (χ1) is 15.9. The van der Waals surface area contributed by atoms with Gasteiger partial charge in [0.1, 0.15) is 23.2 Å². The fraction of sp³-hybridized carbons (Fsp3) is 0.320. The molecule has 0 bridgehead atoms. The van der Waals surface area contributed by atoms with E-state index in [1.54, 1.807) is 6.07 Å². The Morgan fingerprint density at radius 3 is 2.61 bits per heavy atom. The topological polar surface area (TPSA) is 68.1 Å². The molecule has 4 rings (SSSR count). The number of aromatic nitrogens is 4. The lowest BCUT2D eigenvalue weighted by Crippen LogP contribution is -2.16. The van der Waals surface area contributed by atoms with Gasteiger partial charge in [-0.15, -0.1) is 5.10 Å². The maximum atomic E-state index is 13.8. The summed E-state index contributed by atoms with van der Waals surface area (Å²) in [5.41, 5.74) is 4.31. The monoisotopic (exact) mass is 448 g/mol. The molecule has 33 heavy (non-hydrogen) atoms. The molecular formula is C25H29FN6O. The van der Waals surface area contributed by atoms with Crippen LogP contribution in [-0.4, -0.2) is 47.7 Å². The zero-order valence-electron chi connectivity index (χ0n) is 19.6. The molecule has 2 aromatic carbocycles. The third-order valence-electron chi connectivity index (χ3n) is 5.63. The molecule has 0 aliphatic carbocycles. The van der Waals surface area contributed by atoms with Crippen LogP contribution in [0.3, 0.4) is 0 Å². The zero-order valence-corrected chi connectivity index (χ0v) is 19.6. The van der Waals surface area contributed by atoms with Gasteiger partial charge in [-0.25, -0.2) is 9.07 Å². The van der Waals surface area contributed by atoms with Gasteiger partial charge in [0.05, 0.1) is 22.5 Å². The smallest absolute Gasteiger partial charge is 0.179 e. The number of ether oxygens (including phenoxy) is 1. The van der Waals surface area contributed by atoms with Crippen LogP contribution in [-0.2, 0) is 0 Å². The first-order valence-corrected chi connectivity index (χ1v) is 11.0. The maximum absolute atomic E-state index is 13.8. The van der Waals surface area contributed by atoms with Gasteiger partial charge in [0.25, 0.3) is 0 Å². The van der Waals surface area contributed by atoms with E-state index in [-0.39, 0.29) is 11.9 Å². The summed E-state index contributed by atoms with van der Waals surface area (Å²) < 4.78 is 22.1. The second-order valence-electron chi connectivity index (χ2n) is 8.28. The van der Waals surface area contributed by atoms with Gasteiger partial charge in [-0.05, 0) is 57.3 Å². The van der Waals surface area contributed by atoms with Crippen LogP contribution in [0.4, 0.5) is 10.2 Å². The quantitative estimate of drug-likeness (QED) is 0.432. The van der Waals surface area contributed by atoms with Crippen LogP contribution >= 0.6 is 0 Å². The predicted molar refractivity (Wildman–Crippen MR) is 129 cm³/mol. The van der Waals surface area contributed by atoms with Gasteiger partial charge in [0, 0.05) is 26.6 Å². The Balaban J connectivity index is 1.72. The third kappa shape index (κ3) is 4.66. The van der Waals surface area contributed by atoms with Gasteiger partial charge in [-0.1, -0.05) is 18.2 Å². The number of fused-ring (bicyclic) bond motifs is 1. The summed E-state index contributed by atoms with van der Waals surface area (Å²) in [4.78, 5) is 1.91. The Morgan fingerprint density at radius 1 is 1.09 bits per heavy atom. The van der Waals surface area contributed by atoms with Crippen molar-refractivity contribution in [3.8, 4) is 11.4 Å². The molecule has 0 radical (unpaired) electrons. The lowest BCUT2D eigenvalue weighted by molar-refractivity contribution is 0.194. The average molecular weight is 449 g/mol. The maximum Gasteiger partial charge on any atom is 0.179 e. The van der Waals surface area contributed by atoms with Gasteiger partial charge in [-0.2, -0.15) is 10.2 Å². The third-order valence-corrected chi connectivity index (χ3v) is 5.63. The van der Waals surface area contributed by atoms with Crippen molar-refractivity contribution in [1.82, 2.24) is 25.3 Å². The number of halogens is 1. The van der Waals surface area contributed by atoms with Crippen LogP contribution in [0.15, 0.2) is 48.5 Å². The molecule has 2 aromatic heterocycles. The van der Waals surface area contributed by atoms with E-state index in [2.05, 4.69) is 15.5 Å². The normalized spacial score (nSPS) is 12.2. The van der Waals surface area contributed by atoms with E-state index in [4.69, 9.17) is 9.84 Å². The van der Waals surface area contributed by atoms with Crippen LogP contribution in [0.25, 0.3) is 16.6 Å². The highest BCUT2D eigenvalue weighted by Gasteiger charge is 2.19. The molecule has 0 amide bonds. The van der Waals surface area contributed by atoms with Crippen LogP contribution < -0.4 is 15.0 Å². The Hall–Kier alpha value is -3.52. The summed E-state index contributed by atoms with van der Waals surface area (Å²) in [6.45, 7) is 4.72. The van der Waals surface area contributed by atoms with Crippen molar-refractivity contribution in [2.45, 2.75) is 26.4 Å². The van der Waals surface area contributed by atoms with Gasteiger partial charge < -0.3 is 15.0 Å². The van der Waals surface area contributed by atoms with Crippen molar-refractivity contribution in [3.05, 3.63) is 71.3 Å². The number of nitrogens with zero attached hydrogens (tertiary/aromatic N) is 5. The second kappa shape index (κ2) is 9.54. The molecule has 0 spiro atoms. The van der Waals surface area contributed by atoms with Gasteiger partial charge in [0.2, 0.25) is 0 Å². The Morgan fingerprint density at radius 2 is 1.88 bits per heavy atom. The summed E-state index contributed by atoms with van der Waals surface area (Å²) in [7, 11) is 5.75. The number of aryl methyl sites for hydroxylation is 2. The number of anilines is 1. The van der Waals surface area contributed by atoms with Crippen LogP contribution in [0.2, 0.25) is 0 Å². The molecule has 1 N–H and O–H groups in total. The number of rotatable bonds is 8. The molecule has 1 unspecified atom stereocenters. The largest absolute Gasteiger partial charge is 0.486 e. The predicted octanol–water partition coefficient (Wildman–Crippen LogP) is 4.37. The van der Waals surface area contributed by atoms with Crippen LogP contribution in [0, 0.1) is 19.7 Å². The van der Waals surface area contributed by atoms with Crippen molar-refractivity contribution >= 4 is 16.7 Å². The lowest BCUT2D eigenvalue weighted by Gasteiger charge is -2.20. The molecule has 4 aromatic rings. The van der Waals surface area contributed by atoms with Gasteiger partial charge >= 0.3 is 0 Å². The van der Waals surface area contributed by atoms with Gasteiger partial charge in [0.15, 0.2) is 5.82 Å². The van der Waals surface area contributed by atoms with Crippen molar-refractivity contribution in [2.24, 2.45) is 0 Å². The minimum Gasteiger partial charge on any atom is -0.486 e. The Bertz CT molecular complexity index is 1270. The highest BCUT2D eigenvalue weighted by Crippen LogP contribution is 2.31. The summed E-state index contributed by atoms with van der Waals surface area (Å²) in [6.07, 6.45) is 0.426. The van der Waals surface area contributed by atoms with Crippen LogP contribution in [0.1, 0.15) is 29.5 Å². The fourth-order valence-corrected chi connectivity index (χ4v) is 3.99. The van der Waals surface area contributed by atoms with E-state index in [1.165, 1.54) is 12.1 Å². The number of benzene rings is 2. The lowest BCUT2D eigenvalue weighted by atomic mass is 10.1. The van der Waals surface area contributed by atoms with E-state index in [0.29, 0.717) is 12.2 Å². The fourth-order valence-electron chi connectivity index (χ4n) is 3.99. The molecule has 0 saturated heterocycles. The number of hydrogen-bond donors (Lipinski definition) is 1. The Labute approximate surface area is 193 Å². The first-order valence-electron chi connectivity index (χ1n) is 11.0. The van der Waals surface area contributed by atoms with E-state index in [0.717, 1.165) is 45.9 Å². The van der Waals surface area contributed by atoms with Crippen molar-refractivity contribution in [3.63, 3.8) is 0 Å². The van der Waals surface area contributed by atoms with E-state index < -0.39 is 0 Å². The molecule has 8 heteroatoms. The minimum atomic E-state index is -0.280. The molecule has 0 aliphatic heterocycles.